The smallest absolute Gasteiger partial charge is 0.180 e. The molecule has 17 nitrogen and oxygen atoms in total. The molecule has 6 N–H and O–H groups in total. The zero-order valence-corrected chi connectivity index (χ0v) is 27.6. The summed E-state index contributed by atoms with van der Waals surface area (Å²) in [7, 11) is 3.28. The maximum absolute atomic E-state index is 9.37. The van der Waals surface area contributed by atoms with E-state index in [0.29, 0.717) is 13.2 Å². The Balaban J connectivity index is 0. The summed E-state index contributed by atoms with van der Waals surface area (Å²) in [6, 6.07) is 0. The second kappa shape index (κ2) is 35.3. The number of hydrogen-bond acceptors (Lipinski definition) is 17. The molecule has 0 bridgehead atoms. The molecule has 1 radical (unpaired) electrons. The van der Waals surface area contributed by atoms with Crippen LogP contribution in [0.25, 0.3) is 0 Å². The maximum Gasteiger partial charge on any atom is 0.180 e. The summed E-state index contributed by atoms with van der Waals surface area (Å²) in [5.41, 5.74) is 0. The van der Waals surface area contributed by atoms with Gasteiger partial charge in [0.2, 0.25) is 0 Å². The fourth-order valence-corrected chi connectivity index (χ4v) is 2.86. The predicted octanol–water partition coefficient (Wildman–Crippen LogP) is -3.37. The zero-order valence-electron chi connectivity index (χ0n) is 24.8. The van der Waals surface area contributed by atoms with Crippen molar-refractivity contribution in [3.63, 3.8) is 0 Å². The molecule has 0 aromatic rings. The van der Waals surface area contributed by atoms with Gasteiger partial charge in [0.15, 0.2) is 18.9 Å². The van der Waals surface area contributed by atoms with Crippen LogP contribution < -0.4 is 0 Å². The second-order valence-electron chi connectivity index (χ2n) is 8.29. The first-order valence-electron chi connectivity index (χ1n) is 13.7. The van der Waals surface area contributed by atoms with Crippen LogP contribution in [0.3, 0.4) is 0 Å². The number of ether oxygens (including phenoxy) is 11. The van der Waals surface area contributed by atoms with Crippen LogP contribution in [0.1, 0.15) is 0 Å². The van der Waals surface area contributed by atoms with Crippen LogP contribution in [0, 0.1) is 7.11 Å². The van der Waals surface area contributed by atoms with Crippen LogP contribution in [-0.4, -0.2) is 187 Å². The Bertz CT molecular complexity index is 542. The molecule has 0 heterocycles. The van der Waals surface area contributed by atoms with Gasteiger partial charge in [-0.05, 0) is 0 Å². The third-order valence-electron chi connectivity index (χ3n) is 4.84. The van der Waals surface area contributed by atoms with Gasteiger partial charge in [-0.2, -0.15) is 0 Å². The van der Waals surface area contributed by atoms with Crippen LogP contribution in [-0.2, 0) is 84.8 Å². The summed E-state index contributed by atoms with van der Waals surface area (Å²) in [6.45, 7) is 0.970. The summed E-state index contributed by atoms with van der Waals surface area (Å²) in [6.07, 6.45) is -4.36. The summed E-state index contributed by atoms with van der Waals surface area (Å²) < 4.78 is 58.7. The van der Waals surface area contributed by atoms with E-state index in [1.807, 2.05) is 0 Å². The molecule has 0 aromatic carbocycles. The molecule has 0 spiro atoms. The first-order chi connectivity index (χ1) is 20.5. The van der Waals surface area contributed by atoms with E-state index in [1.165, 1.54) is 0 Å². The molecule has 0 saturated carbocycles. The number of hydrogen-bond donors (Lipinski definition) is 6. The molecule has 0 aromatic heterocycles. The topological polar surface area (TPSA) is 223 Å². The molecule has 5 unspecified atom stereocenters. The van der Waals surface area contributed by atoms with Gasteiger partial charge in [-0.1, -0.05) is 0 Å². The van der Waals surface area contributed by atoms with Gasteiger partial charge in [-0.3, -0.25) is 0 Å². The third-order valence-corrected chi connectivity index (χ3v) is 4.84. The molecular formula is C25H51O17Y-. The van der Waals surface area contributed by atoms with Crippen LogP contribution in [0.15, 0.2) is 0 Å². The van der Waals surface area contributed by atoms with Crippen LogP contribution >= 0.6 is 0 Å². The molecule has 0 aliphatic carbocycles. The van der Waals surface area contributed by atoms with E-state index in [4.69, 9.17) is 72.5 Å². The first-order valence-corrected chi connectivity index (χ1v) is 13.7. The normalized spacial score (nSPS) is 15.1. The number of aliphatic hydroxyl groups is 6. The summed E-state index contributed by atoms with van der Waals surface area (Å²) >= 11 is 0. The van der Waals surface area contributed by atoms with E-state index in [-0.39, 0.29) is 125 Å². The Labute approximate surface area is 278 Å². The van der Waals surface area contributed by atoms with E-state index in [0.717, 1.165) is 0 Å². The monoisotopic (exact) mass is 712 g/mol. The molecule has 18 heteroatoms. The Kier molecular flexibility index (Phi) is 37.4. The quantitative estimate of drug-likeness (QED) is 0.0218. The van der Waals surface area contributed by atoms with Crippen LogP contribution in [0.5, 0.6) is 0 Å². The van der Waals surface area contributed by atoms with Crippen molar-refractivity contribution in [3.8, 4) is 0 Å². The van der Waals surface area contributed by atoms with Crippen molar-refractivity contribution in [3.05, 3.63) is 7.11 Å². The SMILES string of the molecule is [CH2-]OCCOCC(COCCOC(O)CO)OCCOCC(COCCO)OCCOC(CO)OCCOC(O)CO.[Y]. The van der Waals surface area contributed by atoms with Gasteiger partial charge in [0, 0.05) is 39.3 Å². The van der Waals surface area contributed by atoms with Crippen LogP contribution in [0.2, 0.25) is 0 Å². The predicted molar refractivity (Wildman–Crippen MR) is 142 cm³/mol. The van der Waals surface area contributed by atoms with E-state index in [1.54, 1.807) is 0 Å². The van der Waals surface area contributed by atoms with E-state index >= 15 is 0 Å². The van der Waals surface area contributed by atoms with E-state index < -0.39 is 50.9 Å². The van der Waals surface area contributed by atoms with Crippen molar-refractivity contribution in [1.29, 1.82) is 0 Å². The third kappa shape index (κ3) is 30.8. The average Bonchev–Trinajstić information content (AvgIpc) is 3.00. The Morgan fingerprint density at radius 3 is 1.23 bits per heavy atom. The Morgan fingerprint density at radius 2 is 0.814 bits per heavy atom. The molecule has 0 aliphatic rings. The minimum atomic E-state index is -1.30. The fourth-order valence-electron chi connectivity index (χ4n) is 2.86. The molecule has 0 aliphatic heterocycles. The summed E-state index contributed by atoms with van der Waals surface area (Å²) in [4.78, 5) is 0. The average molecular weight is 713 g/mol. The van der Waals surface area contributed by atoms with Crippen molar-refractivity contribution in [2.45, 2.75) is 31.1 Å². The maximum atomic E-state index is 9.37. The minimum Gasteiger partial charge on any atom is -0.553 e. The largest absolute Gasteiger partial charge is 0.553 e. The van der Waals surface area contributed by atoms with E-state index in [2.05, 4.69) is 7.11 Å². The molecule has 257 valence electrons. The fraction of sp³-hybridized carbons (Fsp3) is 0.960. The summed E-state index contributed by atoms with van der Waals surface area (Å²) in [5, 5.41) is 54.1. The van der Waals surface area contributed by atoms with Crippen molar-refractivity contribution in [2.24, 2.45) is 0 Å². The molecule has 0 fully saturated rings. The van der Waals surface area contributed by atoms with Gasteiger partial charge in [0.05, 0.1) is 119 Å². The van der Waals surface area contributed by atoms with Crippen molar-refractivity contribution < 1.29 is 115 Å². The van der Waals surface area contributed by atoms with Crippen molar-refractivity contribution in [2.75, 3.05) is 126 Å². The van der Waals surface area contributed by atoms with Gasteiger partial charge in [-0.25, -0.2) is 7.11 Å². The molecule has 43 heavy (non-hydrogen) atoms. The van der Waals surface area contributed by atoms with Crippen molar-refractivity contribution >= 4 is 0 Å². The van der Waals surface area contributed by atoms with Crippen molar-refractivity contribution in [1.82, 2.24) is 0 Å². The van der Waals surface area contributed by atoms with E-state index in [9.17, 15) is 10.2 Å². The molecule has 0 amide bonds. The van der Waals surface area contributed by atoms with Crippen LogP contribution in [0.4, 0.5) is 0 Å². The standard InChI is InChI=1S/C25H51O17.Y/c1-32-4-5-34-18-22(20-36-7-9-39-23(30)14-27)37-8-6-35-19-21(17-33-3-2-26)38-10-12-41-25(16-29)42-13-11-40-24(31)15-28;/h21-31H,1-20H2;/q-1;. The summed E-state index contributed by atoms with van der Waals surface area (Å²) in [5.74, 6) is 0. The van der Waals surface area contributed by atoms with Gasteiger partial charge >= 0.3 is 0 Å². The number of rotatable bonds is 34. The molecule has 0 rings (SSSR count). The molecular weight excluding hydrogens is 661 g/mol. The Morgan fingerprint density at radius 1 is 0.442 bits per heavy atom. The molecule has 5 atom stereocenters. The minimum absolute atomic E-state index is 0. The van der Waals surface area contributed by atoms with Gasteiger partial charge < -0.3 is 82.7 Å². The zero-order chi connectivity index (χ0) is 31.1. The van der Waals surface area contributed by atoms with Gasteiger partial charge in [0.1, 0.15) is 12.2 Å². The molecule has 0 saturated heterocycles. The first kappa shape index (κ1) is 45.5. The van der Waals surface area contributed by atoms with Gasteiger partial charge in [-0.15, -0.1) is 0 Å². The number of aliphatic hydroxyl groups excluding tert-OH is 6. The van der Waals surface area contributed by atoms with Gasteiger partial charge in [0.25, 0.3) is 0 Å². The second-order valence-corrected chi connectivity index (χ2v) is 8.29. The Hall–Kier alpha value is 0.424.